The average Bonchev–Trinajstić information content (AvgIpc) is 3.52. The number of halogens is 6. The van der Waals surface area contributed by atoms with E-state index in [-0.39, 0.29) is 55.7 Å². The smallest absolute Gasteiger partial charge is 0.236 e. The summed E-state index contributed by atoms with van der Waals surface area (Å²) < 4.78 is 79.1. The van der Waals surface area contributed by atoms with Crippen LogP contribution in [0.15, 0.2) is 48.1 Å². The fraction of sp³-hybridized carbons (Fsp3) is 0.0667. The van der Waals surface area contributed by atoms with Crippen LogP contribution in [0.25, 0.3) is 33.4 Å². The van der Waals surface area contributed by atoms with Gasteiger partial charge in [0.05, 0.1) is 22.3 Å². The van der Waals surface area contributed by atoms with Gasteiger partial charge in [-0.3, -0.25) is 0 Å². The molecule has 0 spiro atoms. The summed E-state index contributed by atoms with van der Waals surface area (Å²) >= 11 is 0. The van der Waals surface area contributed by atoms with Gasteiger partial charge in [0.15, 0.2) is 11.6 Å². The zero-order valence-corrected chi connectivity index (χ0v) is 22.2. The molecule has 0 saturated heterocycles. The fourth-order valence-electron chi connectivity index (χ4n) is 4.90. The Morgan fingerprint density at radius 3 is 1.07 bits per heavy atom. The molecule has 46 heavy (non-hydrogen) atoms. The summed E-state index contributed by atoms with van der Waals surface area (Å²) in [5, 5.41) is 59.4. The van der Waals surface area contributed by atoms with Crippen molar-refractivity contribution in [2.45, 2.75) is 12.4 Å². The first-order valence-electron chi connectivity index (χ1n) is 12.2. The van der Waals surface area contributed by atoms with Crippen LogP contribution >= 0.6 is 0 Å². The lowest BCUT2D eigenvalue weighted by molar-refractivity contribution is -0.138. The molecule has 0 aliphatic heterocycles. The van der Waals surface area contributed by atoms with Gasteiger partial charge in [0, 0.05) is 58.2 Å². The molecule has 0 amide bonds. The van der Waals surface area contributed by atoms with E-state index in [4.69, 9.17) is 0 Å². The normalized spacial score (nSPS) is 13.5. The standard InChI is InChI=1S/C30H6F6N10/c31-29(32,33)15-9-43-27(44-10-15)25-21(7-41)17-1-18-20(2-19(17)23(25)13(3-37)4-38)24(14(5-39)6-40)26(22(18)8-42)28-45-11-16(12-46-28)30(34,35)36/h1-2,9-12H. The van der Waals surface area contributed by atoms with Crippen LogP contribution in [-0.2, 0) is 12.4 Å². The van der Waals surface area contributed by atoms with Crippen molar-refractivity contribution in [2.24, 2.45) is 0 Å². The molecule has 2 aliphatic rings. The molecule has 2 aromatic heterocycles. The van der Waals surface area contributed by atoms with Crippen molar-refractivity contribution in [3.8, 4) is 36.4 Å². The number of rotatable bonds is 2. The summed E-state index contributed by atoms with van der Waals surface area (Å²) in [4.78, 5) is 14.9. The Balaban J connectivity index is 1.86. The molecule has 10 nitrogen and oxygen atoms in total. The van der Waals surface area contributed by atoms with E-state index >= 15 is 0 Å². The lowest BCUT2D eigenvalue weighted by atomic mass is 9.91. The Morgan fingerprint density at radius 2 is 0.804 bits per heavy atom. The van der Waals surface area contributed by atoms with Gasteiger partial charge in [0.25, 0.3) is 0 Å². The van der Waals surface area contributed by atoms with Crippen molar-refractivity contribution in [1.82, 2.24) is 19.9 Å². The predicted molar refractivity (Wildman–Crippen MR) is 142 cm³/mol. The molecule has 0 N–H and O–H groups in total. The number of hydrogen-bond donors (Lipinski definition) is 0. The van der Waals surface area contributed by atoms with Gasteiger partial charge in [-0.05, 0) is 23.3 Å². The summed E-state index contributed by atoms with van der Waals surface area (Å²) in [6.45, 7) is 0. The Hall–Kier alpha value is -7.14. The van der Waals surface area contributed by atoms with E-state index in [1.807, 2.05) is 12.1 Å². The molecular formula is C30H6F6N10. The number of fused-ring (bicyclic) bond motifs is 2. The number of allylic oxidation sites excluding steroid dienone is 8. The van der Waals surface area contributed by atoms with Crippen molar-refractivity contribution < 1.29 is 26.3 Å². The van der Waals surface area contributed by atoms with Crippen LogP contribution in [0.1, 0.15) is 45.0 Å². The lowest BCUT2D eigenvalue weighted by Gasteiger charge is -2.11. The van der Waals surface area contributed by atoms with Gasteiger partial charge in [-0.25, -0.2) is 19.9 Å². The van der Waals surface area contributed by atoms with Crippen LogP contribution in [0.5, 0.6) is 0 Å². The molecule has 5 rings (SSSR count). The van der Waals surface area contributed by atoms with E-state index in [0.29, 0.717) is 24.8 Å². The van der Waals surface area contributed by atoms with Crippen LogP contribution < -0.4 is 0 Å². The molecule has 16 heteroatoms. The summed E-state index contributed by atoms with van der Waals surface area (Å²) in [6, 6.07) is 12.9. The molecule has 2 aliphatic carbocycles. The summed E-state index contributed by atoms with van der Waals surface area (Å²) in [5.74, 6) is -0.890. The minimum absolute atomic E-state index is 0.0186. The Morgan fingerprint density at radius 1 is 0.500 bits per heavy atom. The van der Waals surface area contributed by atoms with Gasteiger partial charge >= 0.3 is 12.4 Å². The van der Waals surface area contributed by atoms with Crippen molar-refractivity contribution in [3.05, 3.63) is 93.1 Å². The van der Waals surface area contributed by atoms with Crippen molar-refractivity contribution in [1.29, 1.82) is 31.6 Å². The molecule has 0 unspecified atom stereocenters. The quantitative estimate of drug-likeness (QED) is 0.249. The topological polar surface area (TPSA) is 194 Å². The largest absolute Gasteiger partial charge is 0.419 e. The third kappa shape index (κ3) is 4.66. The summed E-state index contributed by atoms with van der Waals surface area (Å²) in [5.41, 5.74) is -5.39. The molecule has 2 heterocycles. The number of aromatic nitrogens is 4. The first-order valence-corrected chi connectivity index (χ1v) is 12.2. The number of hydrogen-bond acceptors (Lipinski definition) is 10. The van der Waals surface area contributed by atoms with Crippen LogP contribution in [0.4, 0.5) is 26.3 Å². The third-order valence-electron chi connectivity index (χ3n) is 6.81. The van der Waals surface area contributed by atoms with E-state index in [2.05, 4.69) is 19.9 Å². The first-order chi connectivity index (χ1) is 21.8. The van der Waals surface area contributed by atoms with E-state index < -0.39 is 46.3 Å². The lowest BCUT2D eigenvalue weighted by Crippen LogP contribution is -2.08. The van der Waals surface area contributed by atoms with E-state index in [0.717, 1.165) is 0 Å². The fourth-order valence-corrected chi connectivity index (χ4v) is 4.90. The maximum absolute atomic E-state index is 13.2. The summed E-state index contributed by atoms with van der Waals surface area (Å²) in [6.07, 6.45) is -7.81. The SMILES string of the molecule is N#CC(C#N)=C1C(c2ncc(C(F)(F)F)cn2)=C(C#N)c2cc3c(cc21)C(=C(C#N)C#N)C(c1ncc(C(F)(F)F)cn1)=C3C#N. The third-order valence-corrected chi connectivity index (χ3v) is 6.81. The summed E-state index contributed by atoms with van der Waals surface area (Å²) in [7, 11) is 0. The maximum Gasteiger partial charge on any atom is 0.419 e. The Labute approximate surface area is 253 Å². The zero-order chi connectivity index (χ0) is 33.6. The van der Waals surface area contributed by atoms with Gasteiger partial charge in [-0.15, -0.1) is 0 Å². The molecule has 0 fully saturated rings. The van der Waals surface area contributed by atoms with Gasteiger partial charge < -0.3 is 0 Å². The molecule has 0 atom stereocenters. The molecule has 3 aromatic rings. The predicted octanol–water partition coefficient (Wildman–Crippen LogP) is 5.80. The Kier molecular flexibility index (Phi) is 7.15. The van der Waals surface area contributed by atoms with E-state index in [1.165, 1.54) is 12.1 Å². The first kappa shape index (κ1) is 30.3. The minimum atomic E-state index is -4.80. The highest BCUT2D eigenvalue weighted by molar-refractivity contribution is 6.29. The Bertz CT molecular complexity index is 2070. The van der Waals surface area contributed by atoms with E-state index in [1.54, 1.807) is 24.3 Å². The van der Waals surface area contributed by atoms with Gasteiger partial charge in [-0.2, -0.15) is 57.9 Å². The highest BCUT2D eigenvalue weighted by Crippen LogP contribution is 2.53. The molecule has 1 aromatic carbocycles. The van der Waals surface area contributed by atoms with Gasteiger partial charge in [-0.1, -0.05) is 0 Å². The second-order valence-electron chi connectivity index (χ2n) is 9.20. The molecule has 218 valence electrons. The number of nitrogens with zero attached hydrogens (tertiary/aromatic N) is 10. The molecule has 0 radical (unpaired) electrons. The number of benzene rings is 1. The second-order valence-corrected chi connectivity index (χ2v) is 9.20. The van der Waals surface area contributed by atoms with Crippen molar-refractivity contribution in [3.63, 3.8) is 0 Å². The van der Waals surface area contributed by atoms with Crippen LogP contribution in [0.3, 0.4) is 0 Å². The molecule has 0 bridgehead atoms. The molecule has 0 saturated carbocycles. The van der Waals surface area contributed by atoms with Gasteiger partial charge in [0.2, 0.25) is 0 Å². The van der Waals surface area contributed by atoms with Crippen LogP contribution in [-0.4, -0.2) is 19.9 Å². The maximum atomic E-state index is 13.2. The second kappa shape index (κ2) is 10.8. The van der Waals surface area contributed by atoms with Crippen molar-refractivity contribution in [2.75, 3.05) is 0 Å². The average molecular weight is 620 g/mol. The van der Waals surface area contributed by atoms with Crippen LogP contribution in [0, 0.1) is 68.0 Å². The molecular weight excluding hydrogens is 614 g/mol. The minimum Gasteiger partial charge on any atom is -0.236 e. The number of nitriles is 6. The monoisotopic (exact) mass is 620 g/mol. The van der Waals surface area contributed by atoms with Crippen molar-refractivity contribution >= 4 is 33.4 Å². The highest BCUT2D eigenvalue weighted by Gasteiger charge is 2.39. The van der Waals surface area contributed by atoms with Gasteiger partial charge in [0.1, 0.15) is 47.6 Å². The zero-order valence-electron chi connectivity index (χ0n) is 22.2. The highest BCUT2D eigenvalue weighted by atomic mass is 19.4. The van der Waals surface area contributed by atoms with E-state index in [9.17, 15) is 57.9 Å². The number of alkyl halides is 6. The van der Waals surface area contributed by atoms with Crippen LogP contribution in [0.2, 0.25) is 0 Å².